The Kier molecular flexibility index (Phi) is 6.80. The van der Waals surface area contributed by atoms with Crippen LogP contribution in [0.3, 0.4) is 0 Å². The fourth-order valence-corrected chi connectivity index (χ4v) is 3.36. The third kappa shape index (κ3) is 4.97. The second-order valence-corrected chi connectivity index (χ2v) is 7.32. The normalized spacial score (nSPS) is 11.1. The van der Waals surface area contributed by atoms with Crippen molar-refractivity contribution < 1.29 is 9.18 Å². The quantitative estimate of drug-likeness (QED) is 0.453. The van der Waals surface area contributed by atoms with E-state index in [1.807, 2.05) is 29.7 Å². The molecule has 1 aromatic carbocycles. The molecule has 4 nitrogen and oxygen atoms in total. The van der Waals surface area contributed by atoms with Crippen LogP contribution in [0.1, 0.15) is 57.4 Å². The van der Waals surface area contributed by atoms with E-state index in [1.54, 1.807) is 12.1 Å². The Bertz CT molecular complexity index is 948. The van der Waals surface area contributed by atoms with E-state index in [2.05, 4.69) is 17.2 Å². The van der Waals surface area contributed by atoms with Crippen molar-refractivity contribution in [3.05, 3.63) is 54.0 Å². The van der Waals surface area contributed by atoms with Crippen LogP contribution in [-0.4, -0.2) is 15.3 Å². The SMILES string of the molecule is CCCCCCCCC(=O)Nc1c(-c2cccc(F)c2)nc2cc(C)ccn12. The van der Waals surface area contributed by atoms with Gasteiger partial charge in [0.1, 0.15) is 23.0 Å². The van der Waals surface area contributed by atoms with Crippen molar-refractivity contribution in [3.8, 4) is 11.3 Å². The van der Waals surface area contributed by atoms with Crippen LogP contribution in [0.25, 0.3) is 16.9 Å². The molecule has 0 radical (unpaired) electrons. The topological polar surface area (TPSA) is 46.4 Å². The average molecular weight is 381 g/mol. The molecule has 0 saturated carbocycles. The first kappa shape index (κ1) is 20.1. The predicted octanol–water partition coefficient (Wildman–Crippen LogP) is 6.14. The van der Waals surface area contributed by atoms with Crippen LogP contribution < -0.4 is 5.32 Å². The molecule has 2 aromatic heterocycles. The van der Waals surface area contributed by atoms with E-state index in [-0.39, 0.29) is 11.7 Å². The van der Waals surface area contributed by atoms with Gasteiger partial charge < -0.3 is 5.32 Å². The average Bonchev–Trinajstić information content (AvgIpc) is 3.02. The number of pyridine rings is 1. The zero-order valence-electron chi connectivity index (χ0n) is 16.7. The molecule has 0 unspecified atom stereocenters. The van der Waals surface area contributed by atoms with Crippen molar-refractivity contribution in [1.82, 2.24) is 9.38 Å². The van der Waals surface area contributed by atoms with E-state index in [9.17, 15) is 9.18 Å². The number of hydrogen-bond donors (Lipinski definition) is 1. The van der Waals surface area contributed by atoms with Crippen molar-refractivity contribution in [2.45, 2.75) is 58.8 Å². The van der Waals surface area contributed by atoms with Gasteiger partial charge in [0.25, 0.3) is 0 Å². The number of nitrogens with zero attached hydrogens (tertiary/aromatic N) is 2. The number of anilines is 1. The Morgan fingerprint density at radius 2 is 1.89 bits per heavy atom. The number of imidazole rings is 1. The van der Waals surface area contributed by atoms with Crippen LogP contribution >= 0.6 is 0 Å². The molecule has 28 heavy (non-hydrogen) atoms. The predicted molar refractivity (Wildman–Crippen MR) is 112 cm³/mol. The number of hydrogen-bond acceptors (Lipinski definition) is 2. The number of rotatable bonds is 9. The van der Waals surface area contributed by atoms with Crippen LogP contribution in [0.5, 0.6) is 0 Å². The molecule has 0 spiro atoms. The molecule has 3 aromatic rings. The number of amides is 1. The van der Waals surface area contributed by atoms with E-state index in [4.69, 9.17) is 0 Å². The standard InChI is InChI=1S/C23H28FN3O/c1-3-4-5-6-7-8-12-21(28)26-23-22(18-10-9-11-19(24)16-18)25-20-15-17(2)13-14-27(20)23/h9-11,13-16H,3-8,12H2,1-2H3,(H,26,28). The lowest BCUT2D eigenvalue weighted by molar-refractivity contribution is -0.116. The molecular weight excluding hydrogens is 353 g/mol. The Morgan fingerprint density at radius 3 is 2.68 bits per heavy atom. The van der Waals surface area contributed by atoms with Crippen LogP contribution in [0.2, 0.25) is 0 Å². The summed E-state index contributed by atoms with van der Waals surface area (Å²) in [6, 6.07) is 10.2. The Labute approximate surface area is 165 Å². The fraction of sp³-hybridized carbons (Fsp3) is 0.391. The van der Waals surface area contributed by atoms with Crippen molar-refractivity contribution in [2.75, 3.05) is 5.32 Å². The molecule has 0 aliphatic rings. The minimum atomic E-state index is -0.324. The summed E-state index contributed by atoms with van der Waals surface area (Å²) in [5.41, 5.74) is 3.04. The maximum absolute atomic E-state index is 13.7. The van der Waals surface area contributed by atoms with Gasteiger partial charge in [-0.25, -0.2) is 9.37 Å². The zero-order valence-corrected chi connectivity index (χ0v) is 16.7. The number of halogens is 1. The summed E-state index contributed by atoms with van der Waals surface area (Å²) in [5, 5.41) is 3.01. The Hall–Kier alpha value is -2.69. The molecule has 3 rings (SSSR count). The van der Waals surface area contributed by atoms with E-state index >= 15 is 0 Å². The summed E-state index contributed by atoms with van der Waals surface area (Å²) >= 11 is 0. The van der Waals surface area contributed by atoms with Gasteiger partial charge >= 0.3 is 0 Å². The number of carbonyl (C=O) groups is 1. The smallest absolute Gasteiger partial charge is 0.225 e. The largest absolute Gasteiger partial charge is 0.310 e. The van der Waals surface area contributed by atoms with E-state index in [0.717, 1.165) is 24.1 Å². The molecule has 0 aliphatic carbocycles. The van der Waals surface area contributed by atoms with Gasteiger partial charge in [-0.05, 0) is 43.2 Å². The molecule has 0 aliphatic heterocycles. The number of aryl methyl sites for hydroxylation is 1. The van der Waals surface area contributed by atoms with Crippen LogP contribution in [0.15, 0.2) is 42.6 Å². The highest BCUT2D eigenvalue weighted by atomic mass is 19.1. The van der Waals surface area contributed by atoms with Crippen LogP contribution in [-0.2, 0) is 4.79 Å². The van der Waals surface area contributed by atoms with E-state index in [0.29, 0.717) is 23.5 Å². The van der Waals surface area contributed by atoms with Gasteiger partial charge in [0.15, 0.2) is 0 Å². The minimum absolute atomic E-state index is 0.0319. The number of benzene rings is 1. The number of unbranched alkanes of at least 4 members (excludes halogenated alkanes) is 5. The zero-order chi connectivity index (χ0) is 19.9. The highest BCUT2D eigenvalue weighted by molar-refractivity contribution is 5.94. The van der Waals surface area contributed by atoms with E-state index < -0.39 is 0 Å². The summed E-state index contributed by atoms with van der Waals surface area (Å²) in [7, 11) is 0. The lowest BCUT2D eigenvalue weighted by Crippen LogP contribution is -2.13. The van der Waals surface area contributed by atoms with Gasteiger partial charge in [-0.3, -0.25) is 9.20 Å². The van der Waals surface area contributed by atoms with E-state index in [1.165, 1.54) is 37.8 Å². The third-order valence-corrected chi connectivity index (χ3v) is 4.89. The van der Waals surface area contributed by atoms with Crippen molar-refractivity contribution in [2.24, 2.45) is 0 Å². The van der Waals surface area contributed by atoms with Crippen LogP contribution in [0.4, 0.5) is 10.2 Å². The number of aromatic nitrogens is 2. The first-order valence-electron chi connectivity index (χ1n) is 10.1. The number of fused-ring (bicyclic) bond motifs is 1. The molecule has 5 heteroatoms. The van der Waals surface area contributed by atoms with Gasteiger partial charge in [-0.15, -0.1) is 0 Å². The summed E-state index contributed by atoms with van der Waals surface area (Å²) in [6.07, 6.45) is 9.19. The molecule has 0 saturated heterocycles. The summed E-state index contributed by atoms with van der Waals surface area (Å²) in [4.78, 5) is 17.2. The van der Waals surface area contributed by atoms with Crippen LogP contribution in [0, 0.1) is 12.7 Å². The lowest BCUT2D eigenvalue weighted by Gasteiger charge is -2.08. The van der Waals surface area contributed by atoms with Gasteiger partial charge in [0.2, 0.25) is 5.91 Å². The maximum atomic E-state index is 13.7. The highest BCUT2D eigenvalue weighted by Crippen LogP contribution is 2.29. The molecule has 1 amide bonds. The van der Waals surface area contributed by atoms with Crippen molar-refractivity contribution in [1.29, 1.82) is 0 Å². The number of nitrogens with one attached hydrogen (secondary N) is 1. The number of carbonyl (C=O) groups excluding carboxylic acids is 1. The second-order valence-electron chi connectivity index (χ2n) is 7.32. The van der Waals surface area contributed by atoms with Gasteiger partial charge in [-0.2, -0.15) is 0 Å². The monoisotopic (exact) mass is 381 g/mol. The third-order valence-electron chi connectivity index (χ3n) is 4.89. The molecule has 0 fully saturated rings. The molecule has 2 heterocycles. The summed E-state index contributed by atoms with van der Waals surface area (Å²) < 4.78 is 15.6. The van der Waals surface area contributed by atoms with Gasteiger partial charge in [0.05, 0.1) is 0 Å². The Morgan fingerprint density at radius 1 is 1.11 bits per heavy atom. The molecular formula is C23H28FN3O. The highest BCUT2D eigenvalue weighted by Gasteiger charge is 2.17. The fourth-order valence-electron chi connectivity index (χ4n) is 3.36. The molecule has 148 valence electrons. The molecule has 0 atom stereocenters. The summed E-state index contributed by atoms with van der Waals surface area (Å²) in [6.45, 7) is 4.19. The first-order valence-corrected chi connectivity index (χ1v) is 10.1. The maximum Gasteiger partial charge on any atom is 0.225 e. The second kappa shape index (κ2) is 9.49. The van der Waals surface area contributed by atoms with Crippen molar-refractivity contribution in [3.63, 3.8) is 0 Å². The minimum Gasteiger partial charge on any atom is -0.310 e. The first-order chi connectivity index (χ1) is 13.6. The van der Waals surface area contributed by atoms with Crippen molar-refractivity contribution >= 4 is 17.4 Å². The molecule has 1 N–H and O–H groups in total. The Balaban J connectivity index is 1.79. The molecule has 0 bridgehead atoms. The van der Waals surface area contributed by atoms with Gasteiger partial charge in [0, 0.05) is 18.2 Å². The summed E-state index contributed by atoms with van der Waals surface area (Å²) in [5.74, 6) is 0.238. The van der Waals surface area contributed by atoms with Gasteiger partial charge in [-0.1, -0.05) is 51.2 Å². The lowest BCUT2D eigenvalue weighted by atomic mass is 10.1.